The summed E-state index contributed by atoms with van der Waals surface area (Å²) >= 11 is 0. The maximum absolute atomic E-state index is 11.7. The van der Waals surface area contributed by atoms with Gasteiger partial charge in [-0.2, -0.15) is 0 Å². The number of carbonyl (C=O) groups is 2. The zero-order chi connectivity index (χ0) is 12.8. The highest BCUT2D eigenvalue weighted by Gasteiger charge is 2.23. The number of carboxylic acids is 1. The predicted molar refractivity (Wildman–Crippen MR) is 64.7 cm³/mol. The molecule has 0 radical (unpaired) electrons. The minimum Gasteiger partial charge on any atom is -0.480 e. The minimum atomic E-state index is -0.952. The number of carbonyl (C=O) groups excluding carboxylic acids is 1. The van der Waals surface area contributed by atoms with Crippen molar-refractivity contribution in [2.45, 2.75) is 51.6 Å². The van der Waals surface area contributed by atoms with Crippen LogP contribution >= 0.6 is 0 Å². The van der Waals surface area contributed by atoms with Crippen LogP contribution in [0, 0.1) is 5.92 Å². The molecule has 3 N–H and O–H groups in total. The monoisotopic (exact) mass is 242 g/mol. The van der Waals surface area contributed by atoms with Crippen LogP contribution in [-0.4, -0.2) is 35.6 Å². The number of nitrogens with one attached hydrogen (secondary N) is 2. The minimum absolute atomic E-state index is 0.169. The SMILES string of the molecule is CC(C)C[C@H](NC(=O)C[C@@H]1CCCN1)C(=O)O. The van der Waals surface area contributed by atoms with Crippen LogP contribution in [-0.2, 0) is 9.59 Å². The normalized spacial score (nSPS) is 21.5. The highest BCUT2D eigenvalue weighted by molar-refractivity contribution is 5.83. The van der Waals surface area contributed by atoms with E-state index in [4.69, 9.17) is 5.11 Å². The van der Waals surface area contributed by atoms with Gasteiger partial charge in [-0.25, -0.2) is 4.79 Å². The van der Waals surface area contributed by atoms with Gasteiger partial charge >= 0.3 is 5.97 Å². The van der Waals surface area contributed by atoms with E-state index in [-0.39, 0.29) is 17.9 Å². The molecule has 1 aliphatic heterocycles. The van der Waals surface area contributed by atoms with Gasteiger partial charge in [0.15, 0.2) is 0 Å². The number of aliphatic carboxylic acids is 1. The van der Waals surface area contributed by atoms with Gasteiger partial charge in [-0.05, 0) is 31.7 Å². The summed E-state index contributed by atoms with van der Waals surface area (Å²) in [6.45, 7) is 4.84. The maximum Gasteiger partial charge on any atom is 0.326 e. The molecule has 2 atom stereocenters. The maximum atomic E-state index is 11.7. The van der Waals surface area contributed by atoms with E-state index in [1.165, 1.54) is 0 Å². The Morgan fingerprint density at radius 3 is 2.65 bits per heavy atom. The number of rotatable bonds is 6. The van der Waals surface area contributed by atoms with Crippen LogP contribution < -0.4 is 10.6 Å². The Balaban J connectivity index is 2.37. The lowest BCUT2D eigenvalue weighted by molar-refractivity contribution is -0.142. The van der Waals surface area contributed by atoms with Crippen molar-refractivity contribution < 1.29 is 14.7 Å². The first-order valence-corrected chi connectivity index (χ1v) is 6.24. The zero-order valence-corrected chi connectivity index (χ0v) is 10.5. The van der Waals surface area contributed by atoms with Crippen LogP contribution in [0.2, 0.25) is 0 Å². The quantitative estimate of drug-likeness (QED) is 0.642. The summed E-state index contributed by atoms with van der Waals surface area (Å²) in [5.74, 6) is -0.870. The lowest BCUT2D eigenvalue weighted by atomic mass is 10.0. The van der Waals surface area contributed by atoms with E-state index in [0.29, 0.717) is 12.8 Å². The van der Waals surface area contributed by atoms with Crippen molar-refractivity contribution in [1.29, 1.82) is 0 Å². The van der Waals surface area contributed by atoms with E-state index < -0.39 is 12.0 Å². The summed E-state index contributed by atoms with van der Waals surface area (Å²) in [7, 11) is 0. The molecule has 0 aliphatic carbocycles. The average molecular weight is 242 g/mol. The summed E-state index contributed by atoms with van der Waals surface area (Å²) in [5, 5.41) is 14.8. The molecule has 0 aromatic carbocycles. The van der Waals surface area contributed by atoms with Crippen molar-refractivity contribution in [2.75, 3.05) is 6.54 Å². The predicted octanol–water partition coefficient (Wildman–Crippen LogP) is 0.744. The molecule has 1 fully saturated rings. The first-order chi connectivity index (χ1) is 7.99. The number of carboxylic acid groups (broad SMARTS) is 1. The van der Waals surface area contributed by atoms with Gasteiger partial charge in [-0.3, -0.25) is 4.79 Å². The molecular formula is C12H22N2O3. The standard InChI is InChI=1S/C12H22N2O3/c1-8(2)6-10(12(16)17)14-11(15)7-9-4-3-5-13-9/h8-10,13H,3-7H2,1-2H3,(H,14,15)(H,16,17)/t9-,10-/m0/s1. The lowest BCUT2D eigenvalue weighted by Crippen LogP contribution is -2.43. The van der Waals surface area contributed by atoms with Crippen molar-refractivity contribution in [3.63, 3.8) is 0 Å². The average Bonchev–Trinajstić information content (AvgIpc) is 2.68. The fraction of sp³-hybridized carbons (Fsp3) is 0.833. The Morgan fingerprint density at radius 2 is 2.18 bits per heavy atom. The second kappa shape index (κ2) is 6.59. The molecule has 1 saturated heterocycles. The summed E-state index contributed by atoms with van der Waals surface area (Å²) in [6, 6.07) is -0.549. The van der Waals surface area contributed by atoms with Crippen molar-refractivity contribution >= 4 is 11.9 Å². The molecule has 0 aromatic rings. The van der Waals surface area contributed by atoms with E-state index >= 15 is 0 Å². The van der Waals surface area contributed by atoms with Crippen LogP contribution in [0.25, 0.3) is 0 Å². The Hall–Kier alpha value is -1.10. The second-order valence-electron chi connectivity index (χ2n) is 5.09. The molecule has 1 aliphatic rings. The molecule has 5 nitrogen and oxygen atoms in total. The Labute approximate surface area is 102 Å². The van der Waals surface area contributed by atoms with Gasteiger partial charge < -0.3 is 15.7 Å². The third-order valence-electron chi connectivity index (χ3n) is 2.93. The van der Waals surface area contributed by atoms with Crippen LogP contribution in [0.15, 0.2) is 0 Å². The molecule has 5 heteroatoms. The second-order valence-corrected chi connectivity index (χ2v) is 5.09. The first-order valence-electron chi connectivity index (χ1n) is 6.24. The van der Waals surface area contributed by atoms with Gasteiger partial charge in [0.25, 0.3) is 0 Å². The van der Waals surface area contributed by atoms with E-state index in [2.05, 4.69) is 10.6 Å². The van der Waals surface area contributed by atoms with Crippen molar-refractivity contribution in [2.24, 2.45) is 5.92 Å². The van der Waals surface area contributed by atoms with Crippen LogP contribution in [0.4, 0.5) is 0 Å². The van der Waals surface area contributed by atoms with Gasteiger partial charge in [0, 0.05) is 12.5 Å². The molecule has 0 spiro atoms. The third kappa shape index (κ3) is 5.17. The van der Waals surface area contributed by atoms with Gasteiger partial charge in [0.1, 0.15) is 6.04 Å². The molecule has 0 unspecified atom stereocenters. The molecule has 0 saturated carbocycles. The molecule has 1 heterocycles. The lowest BCUT2D eigenvalue weighted by Gasteiger charge is -2.17. The first kappa shape index (κ1) is 14.0. The molecule has 98 valence electrons. The smallest absolute Gasteiger partial charge is 0.326 e. The van der Waals surface area contributed by atoms with Crippen molar-refractivity contribution in [1.82, 2.24) is 10.6 Å². The Bertz CT molecular complexity index is 273. The third-order valence-corrected chi connectivity index (χ3v) is 2.93. The van der Waals surface area contributed by atoms with E-state index in [1.54, 1.807) is 0 Å². The molecule has 1 amide bonds. The number of amides is 1. The van der Waals surface area contributed by atoms with Gasteiger partial charge in [-0.1, -0.05) is 13.8 Å². The summed E-state index contributed by atoms with van der Waals surface area (Å²) in [6.07, 6.45) is 2.93. The zero-order valence-electron chi connectivity index (χ0n) is 10.5. The summed E-state index contributed by atoms with van der Waals surface area (Å²) < 4.78 is 0. The summed E-state index contributed by atoms with van der Waals surface area (Å²) in [4.78, 5) is 22.7. The molecule has 0 bridgehead atoms. The van der Waals surface area contributed by atoms with Gasteiger partial charge in [0.05, 0.1) is 0 Å². The van der Waals surface area contributed by atoms with Crippen molar-refractivity contribution in [3.05, 3.63) is 0 Å². The van der Waals surface area contributed by atoms with Crippen LogP contribution in [0.1, 0.15) is 39.5 Å². The van der Waals surface area contributed by atoms with E-state index in [1.807, 2.05) is 13.8 Å². The van der Waals surface area contributed by atoms with Gasteiger partial charge in [0.2, 0.25) is 5.91 Å². The van der Waals surface area contributed by atoms with E-state index in [0.717, 1.165) is 19.4 Å². The molecule has 0 aromatic heterocycles. The van der Waals surface area contributed by atoms with Gasteiger partial charge in [-0.15, -0.1) is 0 Å². The number of hydrogen-bond acceptors (Lipinski definition) is 3. The fourth-order valence-corrected chi connectivity index (χ4v) is 2.10. The highest BCUT2D eigenvalue weighted by atomic mass is 16.4. The largest absolute Gasteiger partial charge is 0.480 e. The van der Waals surface area contributed by atoms with Crippen LogP contribution in [0.5, 0.6) is 0 Å². The number of hydrogen-bond donors (Lipinski definition) is 3. The Kier molecular flexibility index (Phi) is 5.41. The van der Waals surface area contributed by atoms with E-state index in [9.17, 15) is 9.59 Å². The molecular weight excluding hydrogens is 220 g/mol. The molecule has 1 rings (SSSR count). The van der Waals surface area contributed by atoms with Crippen molar-refractivity contribution in [3.8, 4) is 0 Å². The van der Waals surface area contributed by atoms with Crippen LogP contribution in [0.3, 0.4) is 0 Å². The topological polar surface area (TPSA) is 78.4 Å². The summed E-state index contributed by atoms with van der Waals surface area (Å²) in [5.41, 5.74) is 0. The highest BCUT2D eigenvalue weighted by Crippen LogP contribution is 2.10. The Morgan fingerprint density at radius 1 is 1.47 bits per heavy atom. The fourth-order valence-electron chi connectivity index (χ4n) is 2.10. The molecule has 17 heavy (non-hydrogen) atoms.